The molecule has 0 fully saturated rings. The Morgan fingerprint density at radius 2 is 1.72 bits per heavy atom. The van der Waals surface area contributed by atoms with Crippen molar-refractivity contribution in [2.75, 3.05) is 19.6 Å². The van der Waals surface area contributed by atoms with E-state index in [4.69, 9.17) is 4.74 Å². The number of hydrogen-bond donors (Lipinski definition) is 0. The van der Waals surface area contributed by atoms with E-state index in [1.807, 2.05) is 0 Å². The van der Waals surface area contributed by atoms with Gasteiger partial charge in [-0.2, -0.15) is 4.31 Å². The van der Waals surface area contributed by atoms with E-state index in [1.165, 1.54) is 34.6 Å². The van der Waals surface area contributed by atoms with Gasteiger partial charge in [0.25, 0.3) is 11.8 Å². The van der Waals surface area contributed by atoms with Crippen molar-refractivity contribution in [3.8, 4) is 5.75 Å². The maximum Gasteiger partial charge on any atom is 0.270 e. The van der Waals surface area contributed by atoms with E-state index >= 15 is 0 Å². The van der Waals surface area contributed by atoms with Crippen molar-refractivity contribution < 1.29 is 27.5 Å². The van der Waals surface area contributed by atoms with E-state index in [1.54, 1.807) is 39.0 Å². The zero-order chi connectivity index (χ0) is 23.5. The zero-order valence-electron chi connectivity index (χ0n) is 18.3. The van der Waals surface area contributed by atoms with Crippen LogP contribution < -0.4 is 4.74 Å². The van der Waals surface area contributed by atoms with E-state index in [0.29, 0.717) is 25.3 Å². The molecular formula is C23H26N2O6S. The normalized spacial score (nSPS) is 16.5. The first-order valence-electron chi connectivity index (χ1n) is 10.5. The van der Waals surface area contributed by atoms with Gasteiger partial charge in [-0.05, 0) is 30.7 Å². The number of ketones is 1. The van der Waals surface area contributed by atoms with Crippen LogP contribution in [0.5, 0.6) is 5.75 Å². The number of rotatable bonds is 8. The molecule has 0 N–H and O–H groups in total. The predicted octanol–water partition coefficient (Wildman–Crippen LogP) is 2.74. The van der Waals surface area contributed by atoms with Crippen LogP contribution in [0.4, 0.5) is 0 Å². The van der Waals surface area contributed by atoms with Crippen LogP contribution in [0.1, 0.15) is 47.9 Å². The Morgan fingerprint density at radius 3 is 2.38 bits per heavy atom. The molecule has 2 amide bonds. The van der Waals surface area contributed by atoms with Gasteiger partial charge in [-0.1, -0.05) is 45.0 Å². The standard InChI is InChI=1S/C23H26N2O6S/c1-4-20-23(28)25(22(27)18-12-7-8-13-21(18)31-20)15-19(26)16-10-9-11-17(14-16)32(29,30)24(5-2)6-3/h7-14,20H,4-6,15H2,1-3H3/t20-/m1/s1. The van der Waals surface area contributed by atoms with Crippen molar-refractivity contribution in [2.24, 2.45) is 0 Å². The highest BCUT2D eigenvalue weighted by molar-refractivity contribution is 7.89. The minimum absolute atomic E-state index is 0.0133. The van der Waals surface area contributed by atoms with E-state index in [-0.39, 0.29) is 16.0 Å². The third kappa shape index (κ3) is 4.44. The molecule has 0 spiro atoms. The summed E-state index contributed by atoms with van der Waals surface area (Å²) in [5.74, 6) is -1.48. The van der Waals surface area contributed by atoms with E-state index < -0.39 is 40.3 Å². The van der Waals surface area contributed by atoms with Gasteiger partial charge >= 0.3 is 0 Å². The minimum Gasteiger partial charge on any atom is -0.480 e. The van der Waals surface area contributed by atoms with Gasteiger partial charge in [-0.3, -0.25) is 19.3 Å². The molecule has 0 unspecified atom stereocenters. The monoisotopic (exact) mass is 458 g/mol. The van der Waals surface area contributed by atoms with Gasteiger partial charge in [-0.25, -0.2) is 8.42 Å². The van der Waals surface area contributed by atoms with Crippen LogP contribution in [0.3, 0.4) is 0 Å². The zero-order valence-corrected chi connectivity index (χ0v) is 19.1. The van der Waals surface area contributed by atoms with Gasteiger partial charge in [0.15, 0.2) is 11.9 Å². The molecule has 1 aliphatic heterocycles. The average Bonchev–Trinajstić information content (AvgIpc) is 2.90. The first-order chi connectivity index (χ1) is 15.2. The molecule has 8 nitrogen and oxygen atoms in total. The molecule has 1 atom stereocenters. The Balaban J connectivity index is 1.93. The van der Waals surface area contributed by atoms with Crippen molar-refractivity contribution in [3.05, 3.63) is 59.7 Å². The molecule has 9 heteroatoms. The number of fused-ring (bicyclic) bond motifs is 1. The molecule has 0 radical (unpaired) electrons. The number of sulfonamides is 1. The summed E-state index contributed by atoms with van der Waals surface area (Å²) in [4.78, 5) is 39.9. The van der Waals surface area contributed by atoms with Gasteiger partial charge < -0.3 is 4.74 Å². The van der Waals surface area contributed by atoms with Crippen LogP contribution in [0, 0.1) is 0 Å². The van der Waals surface area contributed by atoms with Crippen LogP contribution in [0.15, 0.2) is 53.4 Å². The summed E-state index contributed by atoms with van der Waals surface area (Å²) in [7, 11) is -3.76. The SMILES string of the molecule is CC[C@H]1Oc2ccccc2C(=O)N(CC(=O)c2cccc(S(=O)(=O)N(CC)CC)c2)C1=O. The second kappa shape index (κ2) is 9.62. The Labute approximate surface area is 187 Å². The predicted molar refractivity (Wildman–Crippen MR) is 118 cm³/mol. The fourth-order valence-electron chi connectivity index (χ4n) is 3.55. The Morgan fingerprint density at radius 1 is 1.03 bits per heavy atom. The maximum atomic E-state index is 13.0. The summed E-state index contributed by atoms with van der Waals surface area (Å²) >= 11 is 0. The highest BCUT2D eigenvalue weighted by Gasteiger charge is 2.36. The van der Waals surface area contributed by atoms with Crippen LogP contribution >= 0.6 is 0 Å². The van der Waals surface area contributed by atoms with Crippen LogP contribution in [-0.2, 0) is 14.8 Å². The van der Waals surface area contributed by atoms with Gasteiger partial charge in [0, 0.05) is 18.7 Å². The number of ether oxygens (including phenoxy) is 1. The minimum atomic E-state index is -3.76. The molecule has 32 heavy (non-hydrogen) atoms. The number of para-hydroxylation sites is 1. The van der Waals surface area contributed by atoms with Gasteiger partial charge in [0.05, 0.1) is 17.0 Å². The third-order valence-corrected chi connectivity index (χ3v) is 7.39. The first-order valence-corrected chi connectivity index (χ1v) is 11.9. The van der Waals surface area contributed by atoms with Crippen LogP contribution in [-0.4, -0.2) is 61.0 Å². The van der Waals surface area contributed by atoms with Gasteiger partial charge in [0.2, 0.25) is 10.0 Å². The number of nitrogens with zero attached hydrogens (tertiary/aromatic N) is 2. The highest BCUT2D eigenvalue weighted by Crippen LogP contribution is 2.27. The summed E-state index contributed by atoms with van der Waals surface area (Å²) in [6, 6.07) is 12.1. The summed E-state index contributed by atoms with van der Waals surface area (Å²) in [5, 5.41) is 0. The molecular weight excluding hydrogens is 432 g/mol. The molecule has 170 valence electrons. The Hall–Kier alpha value is -3.04. The summed E-state index contributed by atoms with van der Waals surface area (Å²) in [6.45, 7) is 5.30. The topological polar surface area (TPSA) is 101 Å². The molecule has 0 saturated heterocycles. The molecule has 0 saturated carbocycles. The number of carbonyl (C=O) groups excluding carboxylic acids is 3. The van der Waals surface area contributed by atoms with Crippen molar-refractivity contribution in [1.82, 2.24) is 9.21 Å². The number of benzene rings is 2. The molecule has 0 aliphatic carbocycles. The van der Waals surface area contributed by atoms with Gasteiger partial charge in [0.1, 0.15) is 5.75 Å². The third-order valence-electron chi connectivity index (χ3n) is 5.35. The molecule has 1 aliphatic rings. The van der Waals surface area contributed by atoms with E-state index in [2.05, 4.69) is 0 Å². The van der Waals surface area contributed by atoms with Crippen LogP contribution in [0.25, 0.3) is 0 Å². The Bertz CT molecular complexity index is 1140. The number of imide groups is 1. The highest BCUT2D eigenvalue weighted by atomic mass is 32.2. The van der Waals surface area contributed by atoms with Crippen molar-refractivity contribution in [2.45, 2.75) is 38.2 Å². The first kappa shape index (κ1) is 23.6. The molecule has 0 aromatic heterocycles. The molecule has 1 heterocycles. The smallest absolute Gasteiger partial charge is 0.270 e. The fraction of sp³-hybridized carbons (Fsp3) is 0.348. The molecule has 3 rings (SSSR count). The number of amides is 2. The number of hydrogen-bond acceptors (Lipinski definition) is 6. The maximum absolute atomic E-state index is 13.0. The van der Waals surface area contributed by atoms with E-state index in [9.17, 15) is 22.8 Å². The molecule has 0 bridgehead atoms. The lowest BCUT2D eigenvalue weighted by Crippen LogP contribution is -2.45. The lowest BCUT2D eigenvalue weighted by Gasteiger charge is -2.21. The lowest BCUT2D eigenvalue weighted by molar-refractivity contribution is -0.135. The van der Waals surface area contributed by atoms with Crippen molar-refractivity contribution >= 4 is 27.6 Å². The second-order valence-electron chi connectivity index (χ2n) is 7.28. The van der Waals surface area contributed by atoms with Crippen LogP contribution in [0.2, 0.25) is 0 Å². The van der Waals surface area contributed by atoms with Crippen molar-refractivity contribution in [3.63, 3.8) is 0 Å². The quantitative estimate of drug-likeness (QED) is 0.445. The number of Topliss-reactive ketones (excluding diaryl/α,β-unsaturated/α-hetero) is 1. The van der Waals surface area contributed by atoms with E-state index in [0.717, 1.165) is 4.90 Å². The van der Waals surface area contributed by atoms with Gasteiger partial charge in [-0.15, -0.1) is 0 Å². The lowest BCUT2D eigenvalue weighted by atomic mass is 10.1. The molecule has 2 aromatic carbocycles. The largest absolute Gasteiger partial charge is 0.480 e. The van der Waals surface area contributed by atoms with Crippen molar-refractivity contribution in [1.29, 1.82) is 0 Å². The Kier molecular flexibility index (Phi) is 7.10. The summed E-state index contributed by atoms with van der Waals surface area (Å²) < 4.78 is 32.6. The number of carbonyl (C=O) groups is 3. The second-order valence-corrected chi connectivity index (χ2v) is 9.22. The fourth-order valence-corrected chi connectivity index (χ4v) is 5.06. The summed E-state index contributed by atoms with van der Waals surface area (Å²) in [6.07, 6.45) is -0.576. The molecule has 2 aromatic rings. The summed E-state index contributed by atoms with van der Waals surface area (Å²) in [5.41, 5.74) is 0.299. The average molecular weight is 459 g/mol.